The van der Waals surface area contributed by atoms with Gasteiger partial charge >= 0.3 is 5.97 Å². The van der Waals surface area contributed by atoms with Gasteiger partial charge < -0.3 is 9.47 Å². The van der Waals surface area contributed by atoms with Crippen LogP contribution in [0.15, 0.2) is 46.8 Å². The van der Waals surface area contributed by atoms with Crippen molar-refractivity contribution in [2.75, 3.05) is 7.11 Å². The Kier molecular flexibility index (Phi) is 10.7. The van der Waals surface area contributed by atoms with Crippen molar-refractivity contribution in [1.29, 1.82) is 0 Å². The summed E-state index contributed by atoms with van der Waals surface area (Å²) in [5, 5.41) is 0. The van der Waals surface area contributed by atoms with E-state index in [1.165, 1.54) is 30.8 Å². The summed E-state index contributed by atoms with van der Waals surface area (Å²) in [5.74, 6) is -0.402. The number of hydrogen-bond donors (Lipinski definition) is 0. The SMILES string of the molecule is COC1=CC(OC(C)=O)C(CC=C(C)CCC=C(C)CCC=C(C)C)C(C)C1=O. The summed E-state index contributed by atoms with van der Waals surface area (Å²) in [6, 6.07) is 0. The third-order valence-corrected chi connectivity index (χ3v) is 5.42. The van der Waals surface area contributed by atoms with E-state index in [9.17, 15) is 9.59 Å². The fourth-order valence-corrected chi connectivity index (χ4v) is 3.55. The number of carbonyl (C=O) groups is 2. The van der Waals surface area contributed by atoms with Crippen molar-refractivity contribution < 1.29 is 19.1 Å². The summed E-state index contributed by atoms with van der Waals surface area (Å²) < 4.78 is 10.6. The second kappa shape index (κ2) is 12.5. The molecule has 1 rings (SSSR count). The molecule has 4 nitrogen and oxygen atoms in total. The van der Waals surface area contributed by atoms with Crippen molar-refractivity contribution in [2.45, 2.75) is 79.8 Å². The molecule has 0 fully saturated rings. The maximum atomic E-state index is 12.5. The molecule has 0 aromatic heterocycles. The molecule has 162 valence electrons. The minimum absolute atomic E-state index is 0.0260. The van der Waals surface area contributed by atoms with Gasteiger partial charge in [-0.15, -0.1) is 0 Å². The second-order valence-corrected chi connectivity index (χ2v) is 8.32. The van der Waals surface area contributed by atoms with E-state index in [0.717, 1.165) is 25.7 Å². The fourth-order valence-electron chi connectivity index (χ4n) is 3.55. The Morgan fingerprint density at radius 3 is 2.14 bits per heavy atom. The lowest BCUT2D eigenvalue weighted by atomic mass is 9.78. The first kappa shape index (κ1) is 24.9. The van der Waals surface area contributed by atoms with Gasteiger partial charge in [-0.1, -0.05) is 41.9 Å². The molecule has 4 heteroatoms. The van der Waals surface area contributed by atoms with Crippen LogP contribution in [-0.4, -0.2) is 25.0 Å². The molecule has 0 radical (unpaired) electrons. The van der Waals surface area contributed by atoms with Crippen LogP contribution in [0, 0.1) is 11.8 Å². The molecule has 0 heterocycles. The molecule has 0 N–H and O–H groups in total. The molecule has 0 aromatic carbocycles. The Labute approximate surface area is 176 Å². The van der Waals surface area contributed by atoms with Crippen LogP contribution in [0.25, 0.3) is 0 Å². The van der Waals surface area contributed by atoms with E-state index in [-0.39, 0.29) is 29.3 Å². The van der Waals surface area contributed by atoms with Crippen LogP contribution in [0.5, 0.6) is 0 Å². The van der Waals surface area contributed by atoms with Gasteiger partial charge in [0.1, 0.15) is 6.10 Å². The molecule has 3 unspecified atom stereocenters. The van der Waals surface area contributed by atoms with Crippen LogP contribution in [0.3, 0.4) is 0 Å². The summed E-state index contributed by atoms with van der Waals surface area (Å²) in [4.78, 5) is 23.9. The number of esters is 1. The number of hydrogen-bond acceptors (Lipinski definition) is 4. The largest absolute Gasteiger partial charge is 0.493 e. The van der Waals surface area contributed by atoms with Gasteiger partial charge in [0.25, 0.3) is 0 Å². The van der Waals surface area contributed by atoms with Gasteiger partial charge in [0.2, 0.25) is 0 Å². The molecule has 0 spiro atoms. The van der Waals surface area contributed by atoms with E-state index in [4.69, 9.17) is 9.47 Å². The van der Waals surface area contributed by atoms with Crippen LogP contribution in [-0.2, 0) is 19.1 Å². The van der Waals surface area contributed by atoms with Crippen LogP contribution >= 0.6 is 0 Å². The zero-order chi connectivity index (χ0) is 22.0. The Hall–Kier alpha value is -2.10. The Bertz CT molecular complexity index is 690. The van der Waals surface area contributed by atoms with E-state index in [1.54, 1.807) is 6.08 Å². The van der Waals surface area contributed by atoms with Crippen molar-refractivity contribution >= 4 is 11.8 Å². The molecule has 0 saturated carbocycles. The topological polar surface area (TPSA) is 52.6 Å². The van der Waals surface area contributed by atoms with E-state index < -0.39 is 6.10 Å². The third-order valence-electron chi connectivity index (χ3n) is 5.42. The highest BCUT2D eigenvalue weighted by atomic mass is 16.5. The van der Waals surface area contributed by atoms with E-state index >= 15 is 0 Å². The first-order valence-electron chi connectivity index (χ1n) is 10.6. The maximum Gasteiger partial charge on any atom is 0.303 e. The number of carbonyl (C=O) groups excluding carboxylic acids is 2. The monoisotopic (exact) mass is 402 g/mol. The molecule has 0 aliphatic heterocycles. The first-order valence-corrected chi connectivity index (χ1v) is 10.6. The van der Waals surface area contributed by atoms with Crippen molar-refractivity contribution in [3.8, 4) is 0 Å². The number of rotatable bonds is 10. The van der Waals surface area contributed by atoms with E-state index in [1.807, 2.05) is 6.92 Å². The normalized spacial score (nSPS) is 22.8. The van der Waals surface area contributed by atoms with Gasteiger partial charge in [-0.3, -0.25) is 9.59 Å². The second-order valence-electron chi connectivity index (χ2n) is 8.32. The van der Waals surface area contributed by atoms with Gasteiger partial charge in [0.15, 0.2) is 11.5 Å². The van der Waals surface area contributed by atoms with Crippen LogP contribution in [0.2, 0.25) is 0 Å². The summed E-state index contributed by atoms with van der Waals surface area (Å²) in [7, 11) is 1.47. The van der Waals surface area contributed by atoms with Crippen molar-refractivity contribution in [3.05, 3.63) is 46.8 Å². The van der Waals surface area contributed by atoms with Crippen LogP contribution in [0.4, 0.5) is 0 Å². The van der Waals surface area contributed by atoms with Crippen LogP contribution < -0.4 is 0 Å². The average molecular weight is 403 g/mol. The Balaban J connectivity index is 2.68. The highest BCUT2D eigenvalue weighted by molar-refractivity contribution is 5.96. The van der Waals surface area contributed by atoms with E-state index in [2.05, 4.69) is 45.9 Å². The Morgan fingerprint density at radius 2 is 1.59 bits per heavy atom. The van der Waals surface area contributed by atoms with Gasteiger partial charge in [-0.05, 0) is 59.8 Å². The quantitative estimate of drug-likeness (QED) is 0.328. The smallest absolute Gasteiger partial charge is 0.303 e. The predicted molar refractivity (Wildman–Crippen MR) is 118 cm³/mol. The van der Waals surface area contributed by atoms with Gasteiger partial charge in [0.05, 0.1) is 7.11 Å². The summed E-state index contributed by atoms with van der Waals surface area (Å²) in [5.41, 5.74) is 4.08. The average Bonchev–Trinajstić information content (AvgIpc) is 2.63. The highest BCUT2D eigenvalue weighted by Gasteiger charge is 2.38. The van der Waals surface area contributed by atoms with Gasteiger partial charge in [0, 0.05) is 24.8 Å². The molecule has 0 amide bonds. The highest BCUT2D eigenvalue weighted by Crippen LogP contribution is 2.32. The predicted octanol–water partition coefficient (Wildman–Crippen LogP) is 6.09. The molecule has 0 bridgehead atoms. The Morgan fingerprint density at radius 1 is 1.00 bits per heavy atom. The molecule has 0 saturated heterocycles. The number of ether oxygens (including phenoxy) is 2. The third kappa shape index (κ3) is 8.84. The van der Waals surface area contributed by atoms with Crippen molar-refractivity contribution in [1.82, 2.24) is 0 Å². The molecular weight excluding hydrogens is 364 g/mol. The summed E-state index contributed by atoms with van der Waals surface area (Å²) >= 11 is 0. The number of allylic oxidation sites excluding steroid dienone is 7. The minimum Gasteiger partial charge on any atom is -0.493 e. The minimum atomic E-state index is -0.434. The number of ketones is 1. The zero-order valence-electron chi connectivity index (χ0n) is 19.2. The number of methoxy groups -OCH3 is 1. The molecular formula is C25H38O4. The van der Waals surface area contributed by atoms with Crippen molar-refractivity contribution in [3.63, 3.8) is 0 Å². The van der Waals surface area contributed by atoms with Gasteiger partial charge in [-0.25, -0.2) is 0 Å². The van der Waals surface area contributed by atoms with E-state index in [0.29, 0.717) is 6.42 Å². The van der Waals surface area contributed by atoms with Gasteiger partial charge in [-0.2, -0.15) is 0 Å². The van der Waals surface area contributed by atoms with Crippen LogP contribution in [0.1, 0.15) is 73.6 Å². The summed E-state index contributed by atoms with van der Waals surface area (Å²) in [6.45, 7) is 11.9. The summed E-state index contributed by atoms with van der Waals surface area (Å²) in [6.07, 6.45) is 12.9. The lowest BCUT2D eigenvalue weighted by Crippen LogP contribution is -2.38. The zero-order valence-corrected chi connectivity index (χ0v) is 19.2. The molecule has 1 aliphatic rings. The lowest BCUT2D eigenvalue weighted by Gasteiger charge is -2.32. The lowest BCUT2D eigenvalue weighted by molar-refractivity contribution is -0.149. The molecule has 1 aliphatic carbocycles. The molecule has 3 atom stereocenters. The maximum absolute atomic E-state index is 12.5. The first-order chi connectivity index (χ1) is 13.6. The van der Waals surface area contributed by atoms with Crippen molar-refractivity contribution in [2.24, 2.45) is 11.8 Å². The molecule has 29 heavy (non-hydrogen) atoms. The standard InChI is InChI=1S/C25H38O4/c1-17(2)10-8-11-18(3)12-9-13-19(4)14-15-22-20(5)25(27)24(28-7)16-23(22)29-21(6)26/h10,12,14,16,20,22-23H,8-9,11,13,15H2,1-7H3. The molecule has 0 aromatic rings. The number of Topliss-reactive ketones (excluding diaryl/α,β-unsaturated/α-hetero) is 1. The fraction of sp³-hybridized carbons (Fsp3) is 0.600.